The summed E-state index contributed by atoms with van der Waals surface area (Å²) in [4.78, 5) is 0. The molecule has 0 saturated carbocycles. The average molecular weight is 255 g/mol. The van der Waals surface area contributed by atoms with Crippen LogP contribution >= 0.6 is 0 Å². The van der Waals surface area contributed by atoms with Gasteiger partial charge in [0.15, 0.2) is 0 Å². The summed E-state index contributed by atoms with van der Waals surface area (Å²) in [5.41, 5.74) is 5.04. The number of hydrogen-bond donors (Lipinski definition) is 3. The summed E-state index contributed by atoms with van der Waals surface area (Å²) in [5, 5.41) is 14.2. The zero-order chi connectivity index (χ0) is 13.5. The molecule has 0 spiro atoms. The predicted octanol–water partition coefficient (Wildman–Crippen LogP) is 2.08. The van der Waals surface area contributed by atoms with Crippen molar-refractivity contribution in [3.8, 4) is 0 Å². The molecule has 7 heteroatoms. The second-order valence-electron chi connectivity index (χ2n) is 4.59. The van der Waals surface area contributed by atoms with Gasteiger partial charge in [0, 0.05) is 12.0 Å². The van der Waals surface area contributed by atoms with Crippen LogP contribution in [0.1, 0.15) is 33.1 Å². The van der Waals surface area contributed by atoms with Crippen molar-refractivity contribution in [2.24, 2.45) is 16.3 Å². The number of halogens is 3. The van der Waals surface area contributed by atoms with Crippen LogP contribution in [0.2, 0.25) is 0 Å². The van der Waals surface area contributed by atoms with Gasteiger partial charge in [0.2, 0.25) is 0 Å². The molecule has 0 saturated heterocycles. The monoisotopic (exact) mass is 255 g/mol. The van der Waals surface area contributed by atoms with E-state index in [1.165, 1.54) is 0 Å². The topological polar surface area (TPSA) is 70.6 Å². The van der Waals surface area contributed by atoms with Crippen LogP contribution in [0.15, 0.2) is 5.16 Å². The molecule has 17 heavy (non-hydrogen) atoms. The minimum Gasteiger partial charge on any atom is -0.409 e. The van der Waals surface area contributed by atoms with Crippen LogP contribution in [0, 0.1) is 5.41 Å². The molecule has 0 aliphatic heterocycles. The predicted molar refractivity (Wildman–Crippen MR) is 60.0 cm³/mol. The van der Waals surface area contributed by atoms with Crippen LogP contribution < -0.4 is 11.1 Å². The standard InChI is InChI=1S/C10H20F3N3O/c1-9(2,8(14)16-17)4-3-6-15-7-5-10(11,12)13/h15,17H,3-7H2,1-2H3,(H2,14,16). The molecule has 0 aliphatic rings. The van der Waals surface area contributed by atoms with E-state index in [4.69, 9.17) is 10.9 Å². The Hall–Kier alpha value is -0.980. The van der Waals surface area contributed by atoms with E-state index in [0.29, 0.717) is 19.4 Å². The third-order valence-corrected chi connectivity index (χ3v) is 2.54. The summed E-state index contributed by atoms with van der Waals surface area (Å²) < 4.78 is 35.4. The van der Waals surface area contributed by atoms with Crippen LogP contribution in [-0.2, 0) is 0 Å². The van der Waals surface area contributed by atoms with Gasteiger partial charge in [0.25, 0.3) is 0 Å². The van der Waals surface area contributed by atoms with Gasteiger partial charge in [0.05, 0.1) is 6.42 Å². The van der Waals surface area contributed by atoms with E-state index in [-0.39, 0.29) is 12.4 Å². The van der Waals surface area contributed by atoms with Crippen LogP contribution in [0.5, 0.6) is 0 Å². The summed E-state index contributed by atoms with van der Waals surface area (Å²) >= 11 is 0. The maximum absolute atomic E-state index is 11.8. The van der Waals surface area contributed by atoms with Crippen molar-refractivity contribution in [1.29, 1.82) is 0 Å². The van der Waals surface area contributed by atoms with Crippen molar-refractivity contribution < 1.29 is 18.4 Å². The number of rotatable bonds is 7. The lowest BCUT2D eigenvalue weighted by Crippen LogP contribution is -2.33. The number of nitrogens with two attached hydrogens (primary N) is 1. The van der Waals surface area contributed by atoms with Gasteiger partial charge in [-0.3, -0.25) is 0 Å². The van der Waals surface area contributed by atoms with Crippen molar-refractivity contribution >= 4 is 5.84 Å². The molecule has 0 fully saturated rings. The van der Waals surface area contributed by atoms with Gasteiger partial charge in [-0.2, -0.15) is 13.2 Å². The largest absolute Gasteiger partial charge is 0.409 e. The lowest BCUT2D eigenvalue weighted by atomic mass is 9.86. The van der Waals surface area contributed by atoms with Gasteiger partial charge in [-0.25, -0.2) is 0 Å². The van der Waals surface area contributed by atoms with Gasteiger partial charge < -0.3 is 16.3 Å². The Labute approximate surface area is 99.1 Å². The molecule has 4 N–H and O–H groups in total. The van der Waals surface area contributed by atoms with Crippen LogP contribution in [-0.4, -0.2) is 30.3 Å². The Kier molecular flexibility index (Phi) is 6.30. The molecular formula is C10H20F3N3O. The third kappa shape index (κ3) is 7.84. The van der Waals surface area contributed by atoms with Crippen molar-refractivity contribution in [3.05, 3.63) is 0 Å². The van der Waals surface area contributed by atoms with Crippen LogP contribution in [0.4, 0.5) is 13.2 Å². The summed E-state index contributed by atoms with van der Waals surface area (Å²) in [6, 6.07) is 0. The average Bonchev–Trinajstić information content (AvgIpc) is 2.20. The Morgan fingerprint density at radius 2 is 1.82 bits per heavy atom. The highest BCUT2D eigenvalue weighted by atomic mass is 19.4. The molecule has 4 nitrogen and oxygen atoms in total. The molecule has 0 amide bonds. The van der Waals surface area contributed by atoms with Crippen molar-refractivity contribution in [2.45, 2.75) is 39.3 Å². The maximum atomic E-state index is 11.8. The van der Waals surface area contributed by atoms with Crippen molar-refractivity contribution in [3.63, 3.8) is 0 Å². The van der Waals surface area contributed by atoms with E-state index in [1.807, 2.05) is 13.8 Å². The molecule has 0 aromatic rings. The SMILES string of the molecule is CC(C)(CCCNCCC(F)(F)F)C(N)=NO. The molecule has 0 unspecified atom stereocenters. The number of oxime groups is 1. The number of nitrogens with one attached hydrogen (secondary N) is 1. The smallest absolute Gasteiger partial charge is 0.390 e. The molecule has 0 rings (SSSR count). The maximum Gasteiger partial charge on any atom is 0.390 e. The fourth-order valence-corrected chi connectivity index (χ4v) is 1.27. The Balaban J connectivity index is 3.65. The number of nitrogens with zero attached hydrogens (tertiary/aromatic N) is 1. The summed E-state index contributed by atoms with van der Waals surface area (Å²) in [6.45, 7) is 4.04. The molecule has 0 aromatic carbocycles. The Morgan fingerprint density at radius 3 is 2.29 bits per heavy atom. The highest BCUT2D eigenvalue weighted by Crippen LogP contribution is 2.22. The number of alkyl halides is 3. The summed E-state index contributed by atoms with van der Waals surface area (Å²) in [7, 11) is 0. The first-order chi connectivity index (χ1) is 7.69. The van der Waals surface area contributed by atoms with Crippen molar-refractivity contribution in [1.82, 2.24) is 5.32 Å². The van der Waals surface area contributed by atoms with Crippen LogP contribution in [0.3, 0.4) is 0 Å². The van der Waals surface area contributed by atoms with E-state index in [1.54, 1.807) is 0 Å². The molecule has 0 aromatic heterocycles. The molecule has 0 radical (unpaired) electrons. The fraction of sp³-hybridized carbons (Fsp3) is 0.900. The van der Waals surface area contributed by atoms with E-state index < -0.39 is 18.0 Å². The normalized spacial score (nSPS) is 14.1. The highest BCUT2D eigenvalue weighted by molar-refractivity contribution is 5.85. The minimum absolute atomic E-state index is 0.0759. The summed E-state index contributed by atoms with van der Waals surface area (Å²) in [5.74, 6) is 0.132. The van der Waals surface area contributed by atoms with Crippen LogP contribution in [0.25, 0.3) is 0 Å². The molecule has 0 atom stereocenters. The zero-order valence-corrected chi connectivity index (χ0v) is 10.1. The van der Waals surface area contributed by atoms with E-state index in [9.17, 15) is 13.2 Å². The first kappa shape index (κ1) is 16.0. The van der Waals surface area contributed by atoms with E-state index in [2.05, 4.69) is 10.5 Å². The number of amidine groups is 1. The fourth-order valence-electron chi connectivity index (χ4n) is 1.27. The molecule has 0 aliphatic carbocycles. The first-order valence-electron chi connectivity index (χ1n) is 5.44. The van der Waals surface area contributed by atoms with E-state index in [0.717, 1.165) is 0 Å². The second kappa shape index (κ2) is 6.68. The first-order valence-corrected chi connectivity index (χ1v) is 5.44. The highest BCUT2D eigenvalue weighted by Gasteiger charge is 2.26. The Bertz CT molecular complexity index is 252. The molecule has 102 valence electrons. The lowest BCUT2D eigenvalue weighted by molar-refractivity contribution is -0.133. The van der Waals surface area contributed by atoms with E-state index >= 15 is 0 Å². The van der Waals surface area contributed by atoms with Gasteiger partial charge in [-0.05, 0) is 19.4 Å². The summed E-state index contributed by atoms with van der Waals surface area (Å²) in [6.07, 6.45) is -3.63. The molecular weight excluding hydrogens is 235 g/mol. The molecule has 0 heterocycles. The zero-order valence-electron chi connectivity index (χ0n) is 10.1. The Morgan fingerprint density at radius 1 is 1.24 bits per heavy atom. The van der Waals surface area contributed by atoms with Crippen molar-refractivity contribution in [2.75, 3.05) is 13.1 Å². The van der Waals surface area contributed by atoms with Gasteiger partial charge in [-0.1, -0.05) is 19.0 Å². The van der Waals surface area contributed by atoms with Gasteiger partial charge >= 0.3 is 6.18 Å². The lowest BCUT2D eigenvalue weighted by Gasteiger charge is -2.22. The molecule has 0 bridgehead atoms. The van der Waals surface area contributed by atoms with Gasteiger partial charge in [0.1, 0.15) is 5.84 Å². The third-order valence-electron chi connectivity index (χ3n) is 2.54. The quantitative estimate of drug-likeness (QED) is 0.214. The second-order valence-corrected chi connectivity index (χ2v) is 4.59. The number of hydrogen-bond acceptors (Lipinski definition) is 3. The van der Waals surface area contributed by atoms with Gasteiger partial charge in [-0.15, -0.1) is 0 Å². The minimum atomic E-state index is -4.11.